The van der Waals surface area contributed by atoms with Crippen LogP contribution in [0.3, 0.4) is 0 Å². The lowest BCUT2D eigenvalue weighted by Gasteiger charge is -2.10. The molecule has 1 rings (SSSR count). The molecular weight excluding hydrogens is 253 g/mol. The van der Waals surface area contributed by atoms with Crippen molar-refractivity contribution in [1.82, 2.24) is 0 Å². The predicted molar refractivity (Wildman–Crippen MR) is 67.7 cm³/mol. The molecule has 0 fully saturated rings. The Hall–Kier alpha value is -1.98. The Balaban J connectivity index is 2.83. The van der Waals surface area contributed by atoms with E-state index in [2.05, 4.69) is 0 Å². The summed E-state index contributed by atoms with van der Waals surface area (Å²) in [5.41, 5.74) is -0.0181. The molecule has 1 atom stereocenters. The predicted octanol–water partition coefficient (Wildman–Crippen LogP) is 3.04. The topological polar surface area (TPSA) is 69.4 Å². The molecule has 0 heterocycles. The molecule has 0 aliphatic rings. The number of aryl methyl sites for hydroxylation is 1. The molecule has 0 saturated carbocycles. The van der Waals surface area contributed by atoms with Gasteiger partial charge in [0.2, 0.25) is 0 Å². The molecule has 0 aliphatic carbocycles. The summed E-state index contributed by atoms with van der Waals surface area (Å²) in [5.74, 6) is -1.26. The highest BCUT2D eigenvalue weighted by molar-refractivity contribution is 5.82. The van der Waals surface area contributed by atoms with Gasteiger partial charge in [-0.25, -0.2) is 4.39 Å². The van der Waals surface area contributed by atoms with Crippen molar-refractivity contribution in [2.45, 2.75) is 27.2 Å². The fraction of sp³-hybridized carbons (Fsp3) is 0.462. The normalized spacial score (nSPS) is 12.0. The number of Topliss-reactive ketones (excluding diaryl/α,β-unsaturated/α-hetero) is 1. The van der Waals surface area contributed by atoms with E-state index in [1.807, 2.05) is 6.92 Å². The number of ether oxygens (including phenoxy) is 1. The first-order valence-corrected chi connectivity index (χ1v) is 5.96. The van der Waals surface area contributed by atoms with Crippen LogP contribution in [0.5, 0.6) is 5.75 Å². The van der Waals surface area contributed by atoms with E-state index < -0.39 is 10.7 Å². The molecule has 1 unspecified atom stereocenters. The van der Waals surface area contributed by atoms with Gasteiger partial charge in [-0.2, -0.15) is 0 Å². The number of nitro benzene ring substituents is 1. The van der Waals surface area contributed by atoms with E-state index in [9.17, 15) is 19.3 Å². The first-order chi connectivity index (χ1) is 8.86. The van der Waals surface area contributed by atoms with Crippen LogP contribution in [0, 0.1) is 28.8 Å². The van der Waals surface area contributed by atoms with E-state index in [4.69, 9.17) is 4.74 Å². The number of carbonyl (C=O) groups is 1. The molecule has 0 radical (unpaired) electrons. The molecule has 0 aliphatic heterocycles. The van der Waals surface area contributed by atoms with E-state index in [0.717, 1.165) is 6.07 Å². The Bertz CT molecular complexity index is 502. The van der Waals surface area contributed by atoms with E-state index in [1.165, 1.54) is 13.0 Å². The molecule has 0 saturated heterocycles. The zero-order chi connectivity index (χ0) is 14.6. The van der Waals surface area contributed by atoms with Crippen molar-refractivity contribution < 1.29 is 18.8 Å². The molecule has 0 N–H and O–H groups in total. The third-order valence-corrected chi connectivity index (χ3v) is 2.98. The van der Waals surface area contributed by atoms with Gasteiger partial charge in [0.1, 0.15) is 6.61 Å². The van der Waals surface area contributed by atoms with E-state index in [0.29, 0.717) is 6.42 Å². The Morgan fingerprint density at radius 3 is 2.68 bits per heavy atom. The van der Waals surface area contributed by atoms with Gasteiger partial charge in [0.05, 0.1) is 11.0 Å². The monoisotopic (exact) mass is 269 g/mol. The van der Waals surface area contributed by atoms with Crippen LogP contribution in [0.15, 0.2) is 12.1 Å². The van der Waals surface area contributed by atoms with Crippen LogP contribution in [0.2, 0.25) is 0 Å². The van der Waals surface area contributed by atoms with Gasteiger partial charge in [0.25, 0.3) is 5.69 Å². The van der Waals surface area contributed by atoms with Crippen LogP contribution in [-0.4, -0.2) is 17.3 Å². The van der Waals surface area contributed by atoms with E-state index >= 15 is 0 Å². The molecule has 0 aromatic heterocycles. The van der Waals surface area contributed by atoms with E-state index in [1.54, 1.807) is 6.92 Å². The molecule has 1 aromatic rings. The highest BCUT2D eigenvalue weighted by Crippen LogP contribution is 2.27. The van der Waals surface area contributed by atoms with Crippen molar-refractivity contribution in [1.29, 1.82) is 0 Å². The lowest BCUT2D eigenvalue weighted by Crippen LogP contribution is -2.19. The van der Waals surface area contributed by atoms with E-state index in [-0.39, 0.29) is 35.3 Å². The van der Waals surface area contributed by atoms with Crippen molar-refractivity contribution in [3.63, 3.8) is 0 Å². The van der Waals surface area contributed by atoms with Gasteiger partial charge >= 0.3 is 0 Å². The fourth-order valence-corrected chi connectivity index (χ4v) is 1.47. The van der Waals surface area contributed by atoms with Crippen LogP contribution in [0.4, 0.5) is 10.1 Å². The number of halogens is 1. The Morgan fingerprint density at radius 1 is 1.53 bits per heavy atom. The number of nitrogens with zero attached hydrogens (tertiary/aromatic N) is 1. The summed E-state index contributed by atoms with van der Waals surface area (Å²) in [4.78, 5) is 21.5. The van der Waals surface area contributed by atoms with Gasteiger partial charge in [0, 0.05) is 11.5 Å². The maximum Gasteiger partial charge on any atom is 0.275 e. The van der Waals surface area contributed by atoms with Crippen molar-refractivity contribution in [2.75, 3.05) is 6.61 Å². The van der Waals surface area contributed by atoms with Crippen LogP contribution in [-0.2, 0) is 4.79 Å². The molecule has 0 amide bonds. The summed E-state index contributed by atoms with van der Waals surface area (Å²) in [6, 6.07) is 2.04. The SMILES string of the molecule is CCC(C)C(=O)COc1cc(C)c([N+](=O)[O-])cc1F. The van der Waals surface area contributed by atoms with Crippen molar-refractivity contribution in [2.24, 2.45) is 5.92 Å². The first-order valence-electron chi connectivity index (χ1n) is 5.96. The average molecular weight is 269 g/mol. The lowest BCUT2D eigenvalue weighted by atomic mass is 10.0. The quantitative estimate of drug-likeness (QED) is 0.588. The number of nitro groups is 1. The second kappa shape index (κ2) is 6.26. The van der Waals surface area contributed by atoms with Gasteiger partial charge in [-0.1, -0.05) is 13.8 Å². The standard InChI is InChI=1S/C13H16FNO4/c1-4-8(2)12(16)7-19-13-5-9(3)11(15(17)18)6-10(13)14/h5-6,8H,4,7H2,1-3H3. The summed E-state index contributed by atoms with van der Waals surface area (Å²) in [5, 5.41) is 10.6. The number of benzene rings is 1. The van der Waals surface area contributed by atoms with Gasteiger partial charge in [0.15, 0.2) is 17.3 Å². The summed E-state index contributed by atoms with van der Waals surface area (Å²) >= 11 is 0. The molecular formula is C13H16FNO4. The number of hydrogen-bond donors (Lipinski definition) is 0. The summed E-state index contributed by atoms with van der Waals surface area (Å²) in [6.07, 6.45) is 0.684. The van der Waals surface area contributed by atoms with Crippen molar-refractivity contribution in [3.05, 3.63) is 33.6 Å². The molecule has 19 heavy (non-hydrogen) atoms. The van der Waals surface area contributed by atoms with Crippen LogP contribution in [0.1, 0.15) is 25.8 Å². The number of rotatable bonds is 6. The third-order valence-electron chi connectivity index (χ3n) is 2.98. The fourth-order valence-electron chi connectivity index (χ4n) is 1.47. The number of hydrogen-bond acceptors (Lipinski definition) is 4. The van der Waals surface area contributed by atoms with Crippen LogP contribution >= 0.6 is 0 Å². The van der Waals surface area contributed by atoms with Gasteiger partial charge in [-0.15, -0.1) is 0 Å². The van der Waals surface area contributed by atoms with Crippen LogP contribution in [0.25, 0.3) is 0 Å². The zero-order valence-electron chi connectivity index (χ0n) is 11.1. The van der Waals surface area contributed by atoms with Gasteiger partial charge in [-0.3, -0.25) is 14.9 Å². The molecule has 5 nitrogen and oxygen atoms in total. The maximum absolute atomic E-state index is 13.6. The minimum absolute atomic E-state index is 0.127. The zero-order valence-corrected chi connectivity index (χ0v) is 11.1. The Labute approximate surface area is 110 Å². The second-order valence-electron chi connectivity index (χ2n) is 4.39. The molecule has 104 valence electrons. The summed E-state index contributed by atoms with van der Waals surface area (Å²) in [7, 11) is 0. The number of carbonyl (C=O) groups excluding carboxylic acids is 1. The summed E-state index contributed by atoms with van der Waals surface area (Å²) in [6.45, 7) is 4.90. The highest BCUT2D eigenvalue weighted by atomic mass is 19.1. The molecule has 0 spiro atoms. The number of ketones is 1. The smallest absolute Gasteiger partial charge is 0.275 e. The summed E-state index contributed by atoms with van der Waals surface area (Å²) < 4.78 is 18.7. The largest absolute Gasteiger partial charge is 0.483 e. The van der Waals surface area contributed by atoms with Gasteiger partial charge in [-0.05, 0) is 19.4 Å². The molecule has 1 aromatic carbocycles. The van der Waals surface area contributed by atoms with Gasteiger partial charge < -0.3 is 4.74 Å². The van der Waals surface area contributed by atoms with Crippen molar-refractivity contribution >= 4 is 11.5 Å². The third kappa shape index (κ3) is 3.74. The lowest BCUT2D eigenvalue weighted by molar-refractivity contribution is -0.385. The molecule has 6 heteroatoms. The van der Waals surface area contributed by atoms with Crippen LogP contribution < -0.4 is 4.74 Å². The first kappa shape index (κ1) is 15.1. The Kier molecular flexibility index (Phi) is 4.97. The second-order valence-corrected chi connectivity index (χ2v) is 4.39. The average Bonchev–Trinajstić information content (AvgIpc) is 2.37. The highest BCUT2D eigenvalue weighted by Gasteiger charge is 2.18. The Morgan fingerprint density at radius 2 is 2.16 bits per heavy atom. The minimum atomic E-state index is -0.839. The molecule has 0 bridgehead atoms. The minimum Gasteiger partial charge on any atom is -0.483 e. The maximum atomic E-state index is 13.6. The van der Waals surface area contributed by atoms with Crippen molar-refractivity contribution in [3.8, 4) is 5.75 Å².